The molecule has 3 aromatic rings. The first-order valence-corrected chi connectivity index (χ1v) is 9.88. The molecule has 1 saturated heterocycles. The number of carbonyl (C=O) groups is 1. The predicted octanol–water partition coefficient (Wildman–Crippen LogP) is 0.595. The highest BCUT2D eigenvalue weighted by Gasteiger charge is 2.28. The van der Waals surface area contributed by atoms with E-state index in [4.69, 9.17) is 11.6 Å². The Kier molecular flexibility index (Phi) is 5.12. The van der Waals surface area contributed by atoms with Gasteiger partial charge in [-0.05, 0) is 19.1 Å². The Morgan fingerprint density at radius 1 is 1.23 bits per heavy atom. The van der Waals surface area contributed by atoms with E-state index in [0.717, 1.165) is 17.7 Å². The molecule has 4 rings (SSSR count). The molecule has 10 nitrogen and oxygen atoms in total. The van der Waals surface area contributed by atoms with Crippen molar-refractivity contribution in [2.45, 2.75) is 13.0 Å². The topological polar surface area (TPSA) is 114 Å². The highest BCUT2D eigenvalue weighted by atomic mass is 35.5. The van der Waals surface area contributed by atoms with Crippen molar-refractivity contribution in [1.82, 2.24) is 24.0 Å². The molecule has 2 aromatic heterocycles. The number of benzene rings is 1. The Hall–Kier alpha value is -3.11. The minimum atomic E-state index is -1.34. The van der Waals surface area contributed by atoms with Gasteiger partial charge in [0.2, 0.25) is 5.95 Å². The quantitative estimate of drug-likeness (QED) is 0.620. The zero-order valence-corrected chi connectivity index (χ0v) is 17.3. The molecule has 1 aliphatic rings. The summed E-state index contributed by atoms with van der Waals surface area (Å²) in [5.41, 5.74) is -0.658. The Morgan fingerprint density at radius 3 is 2.53 bits per heavy atom. The number of piperazine rings is 1. The fraction of sp³-hybridized carbons (Fsp3) is 0.368. The summed E-state index contributed by atoms with van der Waals surface area (Å²) < 4.78 is 3.56. The number of halogens is 1. The summed E-state index contributed by atoms with van der Waals surface area (Å²) in [4.78, 5) is 44.4. The summed E-state index contributed by atoms with van der Waals surface area (Å²) in [7, 11) is 1.47. The standard InChI is InChI=1S/C19H21ClN6O4/c1-11(17(28)29)25-16(27)14-15(23(2)19(25)30)22-18(24-9-7-21-8-10-24)26(14)13-6-4-3-5-12(13)20/h3-6,11,21H,7-10H2,1-2H3,(H,28,29). The highest BCUT2D eigenvalue weighted by molar-refractivity contribution is 6.32. The molecule has 1 unspecified atom stereocenters. The van der Waals surface area contributed by atoms with Crippen molar-refractivity contribution >= 4 is 34.7 Å². The van der Waals surface area contributed by atoms with E-state index in [1.165, 1.54) is 18.5 Å². The van der Waals surface area contributed by atoms with Crippen LogP contribution < -0.4 is 21.5 Å². The monoisotopic (exact) mass is 432 g/mol. The predicted molar refractivity (Wildman–Crippen MR) is 113 cm³/mol. The summed E-state index contributed by atoms with van der Waals surface area (Å²) in [6.07, 6.45) is 0. The van der Waals surface area contributed by atoms with E-state index >= 15 is 0 Å². The van der Waals surface area contributed by atoms with Crippen molar-refractivity contribution in [2.24, 2.45) is 7.05 Å². The number of hydrogen-bond donors (Lipinski definition) is 2. The summed E-state index contributed by atoms with van der Waals surface area (Å²) >= 11 is 6.45. The number of aryl methyl sites for hydroxylation is 1. The van der Waals surface area contributed by atoms with Crippen molar-refractivity contribution in [1.29, 1.82) is 0 Å². The third kappa shape index (κ3) is 3.08. The van der Waals surface area contributed by atoms with Crippen LogP contribution in [0.1, 0.15) is 13.0 Å². The van der Waals surface area contributed by atoms with Crippen molar-refractivity contribution in [3.05, 3.63) is 50.1 Å². The van der Waals surface area contributed by atoms with Gasteiger partial charge >= 0.3 is 11.7 Å². The molecule has 0 spiro atoms. The summed E-state index contributed by atoms with van der Waals surface area (Å²) in [6.45, 7) is 4.09. The van der Waals surface area contributed by atoms with E-state index in [2.05, 4.69) is 10.3 Å². The van der Waals surface area contributed by atoms with Gasteiger partial charge in [-0.3, -0.25) is 13.9 Å². The molecule has 30 heavy (non-hydrogen) atoms. The third-order valence-electron chi connectivity index (χ3n) is 5.31. The minimum absolute atomic E-state index is 0.104. The number of carboxylic acids is 1. The number of imidazole rings is 1. The lowest BCUT2D eigenvalue weighted by atomic mass is 10.3. The first kappa shape index (κ1) is 20.2. The average Bonchev–Trinajstić information content (AvgIpc) is 3.14. The lowest BCUT2D eigenvalue weighted by molar-refractivity contribution is -0.140. The first-order valence-electron chi connectivity index (χ1n) is 9.50. The molecule has 1 fully saturated rings. The number of hydrogen-bond acceptors (Lipinski definition) is 6. The molecule has 2 N–H and O–H groups in total. The van der Waals surface area contributed by atoms with Gasteiger partial charge in [0, 0.05) is 33.2 Å². The van der Waals surface area contributed by atoms with Crippen LogP contribution in [0.5, 0.6) is 0 Å². The molecule has 11 heteroatoms. The molecule has 0 amide bonds. The van der Waals surface area contributed by atoms with Crippen molar-refractivity contribution in [3.63, 3.8) is 0 Å². The number of rotatable bonds is 4. The van der Waals surface area contributed by atoms with E-state index < -0.39 is 23.3 Å². The fourth-order valence-electron chi connectivity index (χ4n) is 3.67. The Bertz CT molecular complexity index is 1250. The average molecular weight is 433 g/mol. The number of nitrogens with one attached hydrogen (secondary N) is 1. The molecule has 1 atom stereocenters. The van der Waals surface area contributed by atoms with Gasteiger partial charge in [0.15, 0.2) is 11.2 Å². The molecule has 1 aromatic carbocycles. The maximum Gasteiger partial charge on any atom is 0.333 e. The molecule has 3 heterocycles. The van der Waals surface area contributed by atoms with Gasteiger partial charge in [0.25, 0.3) is 5.56 Å². The summed E-state index contributed by atoms with van der Waals surface area (Å²) in [5.74, 6) is -0.799. The van der Waals surface area contributed by atoms with Gasteiger partial charge < -0.3 is 15.3 Å². The second-order valence-corrected chi connectivity index (χ2v) is 7.55. The third-order valence-corrected chi connectivity index (χ3v) is 5.63. The van der Waals surface area contributed by atoms with E-state index in [9.17, 15) is 19.5 Å². The normalized spacial score (nSPS) is 15.5. The molecule has 1 aliphatic heterocycles. The number of aromatic nitrogens is 4. The molecular weight excluding hydrogens is 412 g/mol. The van der Waals surface area contributed by atoms with Crippen LogP contribution in [0.15, 0.2) is 33.9 Å². The zero-order valence-electron chi connectivity index (χ0n) is 16.5. The van der Waals surface area contributed by atoms with Crippen LogP contribution in [0.25, 0.3) is 16.9 Å². The molecular formula is C19H21ClN6O4. The van der Waals surface area contributed by atoms with E-state index in [1.54, 1.807) is 28.8 Å². The van der Waals surface area contributed by atoms with Crippen molar-refractivity contribution < 1.29 is 9.90 Å². The number of para-hydroxylation sites is 1. The smallest absolute Gasteiger partial charge is 0.333 e. The Labute approximate surface area is 175 Å². The van der Waals surface area contributed by atoms with Gasteiger partial charge in [0.1, 0.15) is 6.04 Å². The van der Waals surface area contributed by atoms with Gasteiger partial charge in [-0.1, -0.05) is 23.7 Å². The van der Waals surface area contributed by atoms with Gasteiger partial charge in [-0.15, -0.1) is 0 Å². The number of nitrogens with zero attached hydrogens (tertiary/aromatic N) is 5. The maximum absolute atomic E-state index is 13.4. The van der Waals surface area contributed by atoms with Crippen molar-refractivity contribution in [2.75, 3.05) is 31.1 Å². The lowest BCUT2D eigenvalue weighted by Gasteiger charge is -2.29. The second-order valence-electron chi connectivity index (χ2n) is 7.14. The van der Waals surface area contributed by atoms with Gasteiger partial charge in [0.05, 0.1) is 10.7 Å². The molecule has 0 saturated carbocycles. The van der Waals surface area contributed by atoms with E-state index in [-0.39, 0.29) is 11.2 Å². The molecule has 0 aliphatic carbocycles. The van der Waals surface area contributed by atoms with Crippen molar-refractivity contribution in [3.8, 4) is 5.69 Å². The van der Waals surface area contributed by atoms with Crippen LogP contribution in [0.2, 0.25) is 5.02 Å². The number of carboxylic acid groups (broad SMARTS) is 1. The number of fused-ring (bicyclic) bond motifs is 1. The lowest BCUT2D eigenvalue weighted by Crippen LogP contribution is -2.44. The second kappa shape index (κ2) is 7.62. The fourth-order valence-corrected chi connectivity index (χ4v) is 3.89. The van der Waals surface area contributed by atoms with Gasteiger partial charge in [-0.2, -0.15) is 4.98 Å². The summed E-state index contributed by atoms with van der Waals surface area (Å²) in [5, 5.41) is 13.1. The summed E-state index contributed by atoms with van der Waals surface area (Å²) in [6, 6.07) is 5.68. The molecule has 158 valence electrons. The Balaban J connectivity index is 2.14. The minimum Gasteiger partial charge on any atom is -0.480 e. The maximum atomic E-state index is 13.4. The largest absolute Gasteiger partial charge is 0.480 e. The zero-order chi connectivity index (χ0) is 21.6. The molecule has 0 radical (unpaired) electrons. The van der Waals surface area contributed by atoms with Crippen LogP contribution in [0, 0.1) is 0 Å². The van der Waals surface area contributed by atoms with E-state index in [0.29, 0.717) is 29.7 Å². The Morgan fingerprint density at radius 2 is 1.90 bits per heavy atom. The van der Waals surface area contributed by atoms with Crippen LogP contribution in [0.4, 0.5) is 5.95 Å². The van der Waals surface area contributed by atoms with Gasteiger partial charge in [-0.25, -0.2) is 14.2 Å². The highest BCUT2D eigenvalue weighted by Crippen LogP contribution is 2.29. The van der Waals surface area contributed by atoms with Crippen LogP contribution in [0.3, 0.4) is 0 Å². The molecule has 0 bridgehead atoms. The SMILES string of the molecule is CC(C(=O)O)n1c(=O)c2c(nc(N3CCNCC3)n2-c2ccccc2Cl)n(C)c1=O. The first-order chi connectivity index (χ1) is 14.3. The number of aliphatic carboxylic acids is 1. The van der Waals surface area contributed by atoms with E-state index in [1.807, 2.05) is 4.90 Å². The number of anilines is 1. The van der Waals surface area contributed by atoms with Crippen LogP contribution >= 0.6 is 11.6 Å². The van der Waals surface area contributed by atoms with Crippen LogP contribution in [-0.4, -0.2) is 55.9 Å². The van der Waals surface area contributed by atoms with Crippen LogP contribution in [-0.2, 0) is 11.8 Å².